The number of benzene rings is 3. The van der Waals surface area contributed by atoms with Gasteiger partial charge in [-0.05, 0) is 129 Å². The number of ether oxygens (including phenoxy) is 2. The molecule has 0 spiro atoms. The lowest BCUT2D eigenvalue weighted by Gasteiger charge is -2.42. The SMILES string of the molecule is CC1(C)CCC(C)(C)c2cc(-c3csc(N4CCN(CC(O)CCO)CC4)n3)ccc21.CC1(C)CCC(C)(C)c2cc(-c3csc(N4CCNCC4)n3)ccc21.COC(=O)CC(=O)CCl.COC(=O)CC(=O)CN1CCN(c2nc(-c3ccc4c(c3)C(C)(C)CCC4(C)C)cs2)CC1. The summed E-state index contributed by atoms with van der Waals surface area (Å²) in [5.41, 5.74) is 17.2. The molecule has 1 atom stereocenters. The van der Waals surface area contributed by atoms with Crippen LogP contribution in [0.2, 0.25) is 0 Å². The van der Waals surface area contributed by atoms with Crippen molar-refractivity contribution in [3.8, 4) is 33.8 Å². The monoisotopic (exact) mass is 1420 g/mol. The summed E-state index contributed by atoms with van der Waals surface area (Å²) >= 11 is 10.3. The van der Waals surface area contributed by atoms with Crippen molar-refractivity contribution in [1.29, 1.82) is 0 Å². The molecule has 0 bridgehead atoms. The van der Waals surface area contributed by atoms with Crippen LogP contribution in [0.1, 0.15) is 174 Å². The van der Waals surface area contributed by atoms with Crippen molar-refractivity contribution in [3.63, 3.8) is 0 Å². The summed E-state index contributed by atoms with van der Waals surface area (Å²) < 4.78 is 8.79. The van der Waals surface area contributed by atoms with Crippen LogP contribution < -0.4 is 20.0 Å². The van der Waals surface area contributed by atoms with Crippen LogP contribution in [0.4, 0.5) is 15.4 Å². The molecule has 0 radical (unpaired) electrons. The van der Waals surface area contributed by atoms with Crippen LogP contribution in [0.25, 0.3) is 33.8 Å². The zero-order chi connectivity index (χ0) is 71.0. The van der Waals surface area contributed by atoms with Crippen molar-refractivity contribution in [2.24, 2.45) is 0 Å². The van der Waals surface area contributed by atoms with Crippen molar-refractivity contribution in [2.45, 2.75) is 179 Å². The molecule has 12 rings (SSSR count). The highest BCUT2D eigenvalue weighted by atomic mass is 35.5. The van der Waals surface area contributed by atoms with Crippen LogP contribution >= 0.6 is 45.6 Å². The van der Waals surface area contributed by atoms with Gasteiger partial charge in [-0.15, -0.1) is 45.6 Å². The number of alkyl halides is 1. The largest absolute Gasteiger partial charge is 0.469 e. The number of nitrogens with one attached hydrogen (secondary N) is 1. The maximum atomic E-state index is 12.0. The molecule has 6 heterocycles. The maximum Gasteiger partial charge on any atom is 0.313 e. The van der Waals surface area contributed by atoms with E-state index in [1.165, 1.54) is 103 Å². The minimum absolute atomic E-state index is 0.0421. The first kappa shape index (κ1) is 76.5. The molecule has 534 valence electrons. The van der Waals surface area contributed by atoms with Crippen LogP contribution in [0, 0.1) is 0 Å². The Balaban J connectivity index is 0.000000163. The van der Waals surface area contributed by atoms with Gasteiger partial charge >= 0.3 is 11.9 Å². The molecule has 3 aromatic carbocycles. The van der Waals surface area contributed by atoms with E-state index in [-0.39, 0.29) is 69.4 Å². The highest BCUT2D eigenvalue weighted by Crippen LogP contribution is 2.50. The van der Waals surface area contributed by atoms with Crippen LogP contribution in [0.15, 0.2) is 70.7 Å². The number of aliphatic hydroxyl groups is 2. The van der Waals surface area contributed by atoms with E-state index in [4.69, 9.17) is 31.7 Å². The molecule has 3 N–H and O–H groups in total. The molecule has 3 aromatic heterocycles. The first-order valence-corrected chi connectivity index (χ1v) is 38.3. The molecule has 0 amide bonds. The quantitative estimate of drug-likeness (QED) is 0.0443. The Morgan fingerprint density at radius 2 is 0.816 bits per heavy atom. The topological polar surface area (TPSA) is 194 Å². The fourth-order valence-corrected chi connectivity index (χ4v) is 17.1. The van der Waals surface area contributed by atoms with E-state index in [0.717, 1.165) is 111 Å². The highest BCUT2D eigenvalue weighted by molar-refractivity contribution is 7.14. The lowest BCUT2D eigenvalue weighted by molar-refractivity contribution is -0.144. The van der Waals surface area contributed by atoms with Gasteiger partial charge in [0.15, 0.2) is 27.0 Å². The molecule has 3 fully saturated rings. The van der Waals surface area contributed by atoms with Gasteiger partial charge in [-0.2, -0.15) is 0 Å². The fraction of sp³-hybridized carbons (Fsp3) is 0.597. The third-order valence-electron chi connectivity index (χ3n) is 21.2. The number of thiazole rings is 3. The Morgan fingerprint density at radius 3 is 1.15 bits per heavy atom. The average Bonchev–Trinajstić information content (AvgIpc) is 1.01. The smallest absolute Gasteiger partial charge is 0.313 e. The second kappa shape index (κ2) is 32.5. The summed E-state index contributed by atoms with van der Waals surface area (Å²) in [6.45, 7) is 40.5. The van der Waals surface area contributed by atoms with E-state index >= 15 is 0 Å². The number of ketones is 2. The lowest BCUT2D eigenvalue weighted by Crippen LogP contribution is -2.48. The van der Waals surface area contributed by atoms with E-state index in [9.17, 15) is 24.3 Å². The van der Waals surface area contributed by atoms with Gasteiger partial charge in [-0.3, -0.25) is 29.0 Å². The highest BCUT2D eigenvalue weighted by Gasteiger charge is 2.40. The normalized spacial score (nSPS) is 19.9. The van der Waals surface area contributed by atoms with Crippen molar-refractivity contribution in [3.05, 3.63) is 104 Å². The summed E-state index contributed by atoms with van der Waals surface area (Å²) in [4.78, 5) is 70.3. The van der Waals surface area contributed by atoms with Crippen LogP contribution in [0.5, 0.6) is 0 Å². The van der Waals surface area contributed by atoms with Gasteiger partial charge in [0, 0.05) is 125 Å². The standard InChI is InChI=1S/C26H35N3O3S.C25H37N3O2S.C21H29N3S.C5H7ClO3/c1-25(2)8-9-26(3,4)21-14-18(6-7-20(21)25)22-17-33-24(27-22)29-12-10-28(11-13-29)16-19(30)15-23(31)32-5;1-24(2)8-9-25(3,4)21-15-18(5-6-20(21)24)22-17-31-23(26-22)28-12-10-27(11-13-28)16-19(30)7-14-29;1-20(2)7-8-21(3,4)17-13-15(5-6-16(17)20)18-14-25-19(23-18)24-11-9-22-10-12-24;1-9-5(8)2-4(7)3-6/h6-7,14,17H,8-13,15-16H2,1-5H3;5-6,15,17,19,29-30H,7-14,16H2,1-4H3;5-6,13-14,22H,7-12H2,1-4H3;2-3H2,1H3. The number of carbonyl (C=O) groups is 4. The second-order valence-electron chi connectivity index (χ2n) is 31.3. The van der Waals surface area contributed by atoms with Gasteiger partial charge in [0.25, 0.3) is 0 Å². The lowest BCUT2D eigenvalue weighted by atomic mass is 9.63. The number of anilines is 3. The number of aliphatic hydroxyl groups excluding tert-OH is 2. The number of piperazine rings is 3. The summed E-state index contributed by atoms with van der Waals surface area (Å²) in [7, 11) is 2.53. The molecule has 3 aliphatic heterocycles. The van der Waals surface area contributed by atoms with Crippen molar-refractivity contribution < 1.29 is 38.9 Å². The number of halogens is 1. The van der Waals surface area contributed by atoms with Crippen molar-refractivity contribution in [1.82, 2.24) is 30.1 Å². The van der Waals surface area contributed by atoms with E-state index in [1.54, 1.807) is 34.0 Å². The third kappa shape index (κ3) is 19.1. The Kier molecular flexibility index (Phi) is 25.4. The molecule has 21 heteroatoms. The number of fused-ring (bicyclic) bond motifs is 3. The molecule has 6 aromatic rings. The van der Waals surface area contributed by atoms with Gasteiger partial charge in [-0.25, -0.2) is 15.0 Å². The number of β-amino-alcohol motifs (C(OH)–C–C–N with tert-alkyl or cyclic N) is 1. The Hall–Kier alpha value is -5.68. The first-order chi connectivity index (χ1) is 46.3. The number of rotatable bonds is 17. The zero-order valence-electron chi connectivity index (χ0n) is 60.7. The molecule has 98 heavy (non-hydrogen) atoms. The van der Waals surface area contributed by atoms with E-state index in [0.29, 0.717) is 19.5 Å². The van der Waals surface area contributed by atoms with E-state index < -0.39 is 18.0 Å². The number of carbonyl (C=O) groups excluding carboxylic acids is 4. The van der Waals surface area contributed by atoms with Gasteiger partial charge in [0.05, 0.1) is 49.8 Å². The van der Waals surface area contributed by atoms with Gasteiger partial charge in [0.2, 0.25) is 0 Å². The molecule has 0 saturated carbocycles. The predicted molar refractivity (Wildman–Crippen MR) is 403 cm³/mol. The molecule has 6 aliphatic rings. The zero-order valence-corrected chi connectivity index (χ0v) is 63.9. The minimum atomic E-state index is -0.541. The number of hydrogen-bond donors (Lipinski definition) is 3. The minimum Gasteiger partial charge on any atom is -0.469 e. The Bertz CT molecular complexity index is 3690. The summed E-state index contributed by atoms with van der Waals surface area (Å²) in [5, 5.41) is 32.2. The second-order valence-corrected chi connectivity index (χ2v) is 34.1. The van der Waals surface area contributed by atoms with E-state index in [2.05, 4.69) is 193 Å². The number of nitrogens with zero attached hydrogens (tertiary/aromatic N) is 8. The van der Waals surface area contributed by atoms with Gasteiger partial charge in [-0.1, -0.05) is 119 Å². The number of Topliss-reactive ketones (excluding diaryl/α,β-unsaturated/α-hetero) is 2. The van der Waals surface area contributed by atoms with Crippen LogP contribution in [0.3, 0.4) is 0 Å². The Morgan fingerprint density at radius 1 is 0.490 bits per heavy atom. The summed E-state index contributed by atoms with van der Waals surface area (Å²) in [6, 6.07) is 20.9. The average molecular weight is 1420 g/mol. The number of methoxy groups -OCH3 is 2. The first-order valence-electron chi connectivity index (χ1n) is 35.1. The number of hydrogen-bond acceptors (Lipinski definition) is 20. The van der Waals surface area contributed by atoms with E-state index in [1.807, 2.05) is 0 Å². The molecule has 3 aliphatic carbocycles. The predicted octanol–water partition coefficient (Wildman–Crippen LogP) is 13.4. The van der Waals surface area contributed by atoms with Crippen LogP contribution in [-0.4, -0.2) is 183 Å². The Labute approximate surface area is 600 Å². The van der Waals surface area contributed by atoms with Crippen LogP contribution in [-0.2, 0) is 61.1 Å². The summed E-state index contributed by atoms with van der Waals surface area (Å²) in [6.07, 6.45) is 7.01. The molecular weight excluding hydrogens is 1310 g/mol. The summed E-state index contributed by atoms with van der Waals surface area (Å²) in [5.74, 6) is -1.55. The molecule has 3 saturated heterocycles. The fourth-order valence-electron chi connectivity index (χ4n) is 14.3. The van der Waals surface area contributed by atoms with Crippen molar-refractivity contribution >= 4 is 84.5 Å². The van der Waals surface area contributed by atoms with Gasteiger partial charge in [0.1, 0.15) is 12.8 Å². The van der Waals surface area contributed by atoms with Gasteiger partial charge < -0.3 is 39.7 Å². The maximum absolute atomic E-state index is 12.0. The third-order valence-corrected chi connectivity index (χ3v) is 24.2. The molecular formula is C77H108ClN9O8S3. The molecule has 1 unspecified atom stereocenters. The van der Waals surface area contributed by atoms with Crippen molar-refractivity contribution in [2.75, 3.05) is 133 Å². The number of esters is 2. The molecule has 17 nitrogen and oxygen atoms in total. The number of aromatic nitrogens is 3.